The molecule has 2 aliphatic heterocycles. The van der Waals surface area contributed by atoms with Gasteiger partial charge in [0.05, 0.1) is 29.8 Å². The minimum Gasteiger partial charge on any atom is -0.392 e. The lowest BCUT2D eigenvalue weighted by Crippen LogP contribution is -2.44. The van der Waals surface area contributed by atoms with E-state index < -0.39 is 16.3 Å². The molecule has 8 nitrogen and oxygen atoms in total. The Morgan fingerprint density at radius 2 is 1.59 bits per heavy atom. The summed E-state index contributed by atoms with van der Waals surface area (Å²) in [6.45, 7) is 4.45. The van der Waals surface area contributed by atoms with E-state index in [1.165, 1.54) is 0 Å². The summed E-state index contributed by atoms with van der Waals surface area (Å²) >= 11 is 0. The number of nitrogens with one attached hydrogen (secondary N) is 1. The van der Waals surface area contributed by atoms with Crippen molar-refractivity contribution >= 4 is 10.0 Å². The Labute approximate surface area is 230 Å². The van der Waals surface area contributed by atoms with E-state index >= 15 is 0 Å². The van der Waals surface area contributed by atoms with E-state index in [9.17, 15) is 18.6 Å². The zero-order valence-electron chi connectivity index (χ0n) is 22.0. The SMILES string of the molecule is C[C@@H]1[C@H](CN2CC[C@H](O)C2)O[C@H](c2ccc(CNS(=O)(=O)c3ccccc3)cc2)O[C@@H]1c1ccc(CO)cc1. The topological polar surface area (TPSA) is 108 Å². The van der Waals surface area contributed by atoms with Gasteiger partial charge in [0.2, 0.25) is 10.0 Å². The molecule has 3 aromatic rings. The Kier molecular flexibility index (Phi) is 8.78. The van der Waals surface area contributed by atoms with Crippen molar-refractivity contribution < 1.29 is 28.1 Å². The van der Waals surface area contributed by atoms with E-state index in [1.807, 2.05) is 48.5 Å². The summed E-state index contributed by atoms with van der Waals surface area (Å²) in [7, 11) is -3.60. The molecule has 0 spiro atoms. The number of benzene rings is 3. The Hall–Kier alpha value is -2.63. The number of nitrogens with zero attached hydrogens (tertiary/aromatic N) is 1. The number of ether oxygens (including phenoxy) is 2. The van der Waals surface area contributed by atoms with Crippen LogP contribution in [0.25, 0.3) is 0 Å². The molecule has 0 saturated carbocycles. The van der Waals surface area contributed by atoms with Crippen molar-refractivity contribution in [3.05, 3.63) is 101 Å². The molecule has 9 heteroatoms. The van der Waals surface area contributed by atoms with E-state index in [2.05, 4.69) is 16.5 Å². The van der Waals surface area contributed by atoms with Crippen molar-refractivity contribution in [2.75, 3.05) is 19.6 Å². The number of sulfonamides is 1. The maximum Gasteiger partial charge on any atom is 0.240 e. The Morgan fingerprint density at radius 1 is 0.923 bits per heavy atom. The summed E-state index contributed by atoms with van der Waals surface area (Å²) in [4.78, 5) is 2.47. The molecule has 0 aromatic heterocycles. The largest absolute Gasteiger partial charge is 0.392 e. The third kappa shape index (κ3) is 6.75. The van der Waals surface area contributed by atoms with Crippen LogP contribution in [0, 0.1) is 5.92 Å². The molecule has 39 heavy (non-hydrogen) atoms. The average molecular weight is 553 g/mol. The highest BCUT2D eigenvalue weighted by Crippen LogP contribution is 2.42. The first kappa shape index (κ1) is 27.9. The fourth-order valence-corrected chi connectivity index (χ4v) is 6.25. The van der Waals surface area contributed by atoms with Crippen molar-refractivity contribution in [2.24, 2.45) is 5.92 Å². The smallest absolute Gasteiger partial charge is 0.240 e. The van der Waals surface area contributed by atoms with Gasteiger partial charge in [0, 0.05) is 37.7 Å². The van der Waals surface area contributed by atoms with E-state index in [1.54, 1.807) is 30.3 Å². The zero-order valence-corrected chi connectivity index (χ0v) is 22.8. The molecule has 2 heterocycles. The Morgan fingerprint density at radius 3 is 2.23 bits per heavy atom. The molecular formula is C30H36N2O6S. The van der Waals surface area contributed by atoms with Crippen LogP contribution in [0.5, 0.6) is 0 Å². The number of β-amino-alcohol motifs (C(OH)–C–C–N with tert-alkyl or cyclic N) is 1. The van der Waals surface area contributed by atoms with Gasteiger partial charge < -0.3 is 19.7 Å². The molecule has 3 N–H and O–H groups in total. The highest BCUT2D eigenvalue weighted by atomic mass is 32.2. The standard InChI is InChI=1S/C30H36N2O6S/c1-21-28(19-32-16-15-26(34)18-32)37-30(38-29(21)24-11-9-23(20-33)10-12-24)25-13-7-22(8-14-25)17-31-39(35,36)27-5-3-2-4-6-27/h2-14,21,26,28-31,33-34H,15-20H2,1H3/t21-,26+,28+,29+,30+/m1/s1. The maximum atomic E-state index is 12.6. The lowest BCUT2D eigenvalue weighted by molar-refractivity contribution is -0.276. The van der Waals surface area contributed by atoms with Crippen molar-refractivity contribution in [3.63, 3.8) is 0 Å². The summed E-state index contributed by atoms with van der Waals surface area (Å²) in [5.41, 5.74) is 3.53. The quantitative estimate of drug-likeness (QED) is 0.373. The van der Waals surface area contributed by atoms with Crippen LogP contribution in [-0.4, -0.2) is 55.4 Å². The first-order valence-corrected chi connectivity index (χ1v) is 14.9. The van der Waals surface area contributed by atoms with Gasteiger partial charge >= 0.3 is 0 Å². The van der Waals surface area contributed by atoms with Crippen LogP contribution in [0.2, 0.25) is 0 Å². The molecule has 0 amide bonds. The number of aliphatic hydroxyl groups excluding tert-OH is 2. The van der Waals surface area contributed by atoms with Crippen molar-refractivity contribution in [1.29, 1.82) is 0 Å². The normalized spacial score (nSPS) is 26.1. The lowest BCUT2D eigenvalue weighted by atomic mass is 9.90. The molecule has 0 aliphatic carbocycles. The third-order valence-electron chi connectivity index (χ3n) is 7.58. The van der Waals surface area contributed by atoms with Gasteiger partial charge in [-0.3, -0.25) is 4.90 Å². The number of likely N-dealkylation sites (tertiary alicyclic amines) is 1. The minimum absolute atomic E-state index is 0.0130. The summed E-state index contributed by atoms with van der Waals surface area (Å²) in [5.74, 6) is 0.0608. The lowest BCUT2D eigenvalue weighted by Gasteiger charge is -2.42. The number of hydrogen-bond acceptors (Lipinski definition) is 7. The van der Waals surface area contributed by atoms with Crippen LogP contribution in [0.1, 0.15) is 48.0 Å². The molecule has 5 rings (SSSR count). The van der Waals surface area contributed by atoms with Crippen LogP contribution < -0.4 is 4.72 Å². The molecule has 2 saturated heterocycles. The van der Waals surface area contributed by atoms with E-state index in [0.29, 0.717) is 13.1 Å². The van der Waals surface area contributed by atoms with Gasteiger partial charge in [-0.15, -0.1) is 0 Å². The van der Waals surface area contributed by atoms with Crippen LogP contribution in [0.15, 0.2) is 83.8 Å². The van der Waals surface area contributed by atoms with Crippen LogP contribution in [-0.2, 0) is 32.6 Å². The second kappa shape index (κ2) is 12.3. The van der Waals surface area contributed by atoms with Gasteiger partial charge in [-0.1, -0.05) is 73.7 Å². The van der Waals surface area contributed by atoms with Crippen LogP contribution in [0.4, 0.5) is 0 Å². The molecule has 3 aromatic carbocycles. The molecule has 2 aliphatic rings. The molecule has 5 atom stereocenters. The summed E-state index contributed by atoms with van der Waals surface area (Å²) in [5, 5.41) is 19.5. The number of rotatable bonds is 9. The van der Waals surface area contributed by atoms with Gasteiger partial charge in [-0.2, -0.15) is 0 Å². The molecule has 0 bridgehead atoms. The van der Waals surface area contributed by atoms with Crippen LogP contribution in [0.3, 0.4) is 0 Å². The fraction of sp³-hybridized carbons (Fsp3) is 0.400. The van der Waals surface area contributed by atoms with E-state index in [-0.39, 0.29) is 42.3 Å². The number of aliphatic hydroxyl groups is 2. The van der Waals surface area contributed by atoms with E-state index in [0.717, 1.165) is 35.2 Å². The maximum absolute atomic E-state index is 12.6. The first-order valence-electron chi connectivity index (χ1n) is 13.4. The highest BCUT2D eigenvalue weighted by Gasteiger charge is 2.39. The molecule has 208 valence electrons. The predicted molar refractivity (Wildman–Crippen MR) is 147 cm³/mol. The summed E-state index contributed by atoms with van der Waals surface area (Å²) in [6.07, 6.45) is -0.469. The fourth-order valence-electron chi connectivity index (χ4n) is 5.21. The monoisotopic (exact) mass is 552 g/mol. The van der Waals surface area contributed by atoms with Crippen molar-refractivity contribution in [2.45, 2.75) is 56.0 Å². The molecule has 0 unspecified atom stereocenters. The highest BCUT2D eigenvalue weighted by molar-refractivity contribution is 7.89. The third-order valence-corrected chi connectivity index (χ3v) is 9.00. The number of hydrogen-bond donors (Lipinski definition) is 3. The minimum atomic E-state index is -3.60. The van der Waals surface area contributed by atoms with E-state index in [4.69, 9.17) is 9.47 Å². The second-order valence-corrected chi connectivity index (χ2v) is 12.2. The van der Waals surface area contributed by atoms with Crippen molar-refractivity contribution in [3.8, 4) is 0 Å². The molecule has 0 radical (unpaired) electrons. The van der Waals surface area contributed by atoms with Crippen molar-refractivity contribution in [1.82, 2.24) is 9.62 Å². The van der Waals surface area contributed by atoms with Gasteiger partial charge in [-0.05, 0) is 35.2 Å². The van der Waals surface area contributed by atoms with Gasteiger partial charge in [-0.25, -0.2) is 13.1 Å². The van der Waals surface area contributed by atoms with Crippen LogP contribution >= 0.6 is 0 Å². The molecule has 2 fully saturated rings. The van der Waals surface area contributed by atoms with Gasteiger partial charge in [0.1, 0.15) is 0 Å². The Balaban J connectivity index is 1.31. The Bertz CT molecular complexity index is 1320. The zero-order chi connectivity index (χ0) is 27.4. The first-order chi connectivity index (χ1) is 18.8. The van der Waals surface area contributed by atoms with Gasteiger partial charge in [0.25, 0.3) is 0 Å². The van der Waals surface area contributed by atoms with Gasteiger partial charge in [0.15, 0.2) is 6.29 Å². The summed E-state index contributed by atoms with van der Waals surface area (Å²) in [6, 6.07) is 23.7. The molecular weight excluding hydrogens is 516 g/mol. The summed E-state index contributed by atoms with van der Waals surface area (Å²) < 4.78 is 40.8. The average Bonchev–Trinajstić information content (AvgIpc) is 3.38. The second-order valence-electron chi connectivity index (χ2n) is 10.4. The predicted octanol–water partition coefficient (Wildman–Crippen LogP) is 3.52.